The van der Waals surface area contributed by atoms with Crippen LogP contribution in [0.3, 0.4) is 0 Å². The molecule has 160 valence electrons. The molecule has 2 heterocycles. The summed E-state index contributed by atoms with van der Waals surface area (Å²) < 4.78 is 7.88. The van der Waals surface area contributed by atoms with Crippen LogP contribution in [0.4, 0.5) is 5.69 Å². The van der Waals surface area contributed by atoms with Gasteiger partial charge in [0, 0.05) is 18.3 Å². The standard InChI is InChI=1S/C25H22N4O3/c1-16-27-19-14-17(12-13-20(19)29(16)18-8-4-3-5-9-18)25(31)28-15-23(24(30)26-2)32-22-11-7-6-10-21(22)28/h3-14,23H,15H2,1-2H3,(H,26,30)/t23-/m0/s1. The second kappa shape index (κ2) is 7.85. The molecule has 0 saturated heterocycles. The number of carbonyl (C=O) groups is 2. The number of aryl methyl sites for hydroxylation is 1. The van der Waals surface area contributed by atoms with Crippen LogP contribution >= 0.6 is 0 Å². The molecule has 3 aromatic carbocycles. The Balaban J connectivity index is 1.54. The lowest BCUT2D eigenvalue weighted by molar-refractivity contribution is -0.127. The maximum absolute atomic E-state index is 13.5. The Morgan fingerprint density at radius 3 is 2.56 bits per heavy atom. The van der Waals surface area contributed by atoms with E-state index in [4.69, 9.17) is 4.74 Å². The van der Waals surface area contributed by atoms with Gasteiger partial charge in [0.15, 0.2) is 6.10 Å². The van der Waals surface area contributed by atoms with E-state index >= 15 is 0 Å². The summed E-state index contributed by atoms with van der Waals surface area (Å²) in [7, 11) is 1.55. The number of fused-ring (bicyclic) bond motifs is 2. The molecule has 0 spiro atoms. The lowest BCUT2D eigenvalue weighted by Crippen LogP contribution is -2.50. The van der Waals surface area contributed by atoms with E-state index in [9.17, 15) is 9.59 Å². The maximum atomic E-state index is 13.5. The molecule has 0 saturated carbocycles. The lowest BCUT2D eigenvalue weighted by atomic mass is 10.1. The first-order valence-corrected chi connectivity index (χ1v) is 10.4. The van der Waals surface area contributed by atoms with E-state index in [1.807, 2.05) is 61.5 Å². The van der Waals surface area contributed by atoms with Gasteiger partial charge in [0.25, 0.3) is 11.8 Å². The van der Waals surface area contributed by atoms with E-state index in [-0.39, 0.29) is 18.4 Å². The molecule has 1 aromatic heterocycles. The fourth-order valence-corrected chi connectivity index (χ4v) is 4.12. The van der Waals surface area contributed by atoms with Gasteiger partial charge in [-0.05, 0) is 49.4 Å². The number of nitrogens with zero attached hydrogens (tertiary/aromatic N) is 3. The highest BCUT2D eigenvalue weighted by molar-refractivity contribution is 6.09. The van der Waals surface area contributed by atoms with Crippen molar-refractivity contribution in [3.05, 3.63) is 84.2 Å². The van der Waals surface area contributed by atoms with Crippen molar-refractivity contribution >= 4 is 28.5 Å². The number of hydrogen-bond acceptors (Lipinski definition) is 4. The molecule has 5 rings (SSSR count). The van der Waals surface area contributed by atoms with Crippen LogP contribution in [0.15, 0.2) is 72.8 Å². The van der Waals surface area contributed by atoms with Crippen LogP contribution in [-0.4, -0.2) is 41.1 Å². The van der Waals surface area contributed by atoms with E-state index in [0.717, 1.165) is 22.5 Å². The first-order chi connectivity index (χ1) is 15.6. The highest BCUT2D eigenvalue weighted by Crippen LogP contribution is 2.34. The molecule has 0 bridgehead atoms. The SMILES string of the molecule is CNC(=O)[C@@H]1CN(C(=O)c2ccc3c(c2)nc(C)n3-c2ccccc2)c2ccccc2O1. The van der Waals surface area contributed by atoms with Crippen LogP contribution in [0.25, 0.3) is 16.7 Å². The van der Waals surface area contributed by atoms with Gasteiger partial charge in [-0.15, -0.1) is 0 Å². The fourth-order valence-electron chi connectivity index (χ4n) is 4.12. The largest absolute Gasteiger partial charge is 0.477 e. The van der Waals surface area contributed by atoms with Gasteiger partial charge in [-0.25, -0.2) is 4.98 Å². The van der Waals surface area contributed by atoms with Crippen molar-refractivity contribution in [1.82, 2.24) is 14.9 Å². The molecule has 1 N–H and O–H groups in total. The Hall–Kier alpha value is -4.13. The highest BCUT2D eigenvalue weighted by atomic mass is 16.5. The van der Waals surface area contributed by atoms with Crippen molar-refractivity contribution in [2.75, 3.05) is 18.5 Å². The molecule has 7 nitrogen and oxygen atoms in total. The van der Waals surface area contributed by atoms with E-state index < -0.39 is 6.10 Å². The fraction of sp³-hybridized carbons (Fsp3) is 0.160. The minimum atomic E-state index is -0.776. The third kappa shape index (κ3) is 3.28. The summed E-state index contributed by atoms with van der Waals surface area (Å²) in [4.78, 5) is 32.1. The predicted octanol–water partition coefficient (Wildman–Crippen LogP) is 3.49. The smallest absolute Gasteiger partial charge is 0.262 e. The number of amides is 2. The molecule has 4 aromatic rings. The summed E-state index contributed by atoms with van der Waals surface area (Å²) in [5.41, 5.74) is 3.82. The predicted molar refractivity (Wildman–Crippen MR) is 122 cm³/mol. The third-order valence-electron chi connectivity index (χ3n) is 5.64. The lowest BCUT2D eigenvalue weighted by Gasteiger charge is -2.34. The molecular weight excluding hydrogens is 404 g/mol. The topological polar surface area (TPSA) is 76.5 Å². The van der Waals surface area contributed by atoms with Crippen molar-refractivity contribution in [2.45, 2.75) is 13.0 Å². The average molecular weight is 426 g/mol. The van der Waals surface area contributed by atoms with E-state index in [1.165, 1.54) is 0 Å². The second-order valence-electron chi connectivity index (χ2n) is 7.64. The zero-order valence-electron chi connectivity index (χ0n) is 17.8. The van der Waals surface area contributed by atoms with Crippen molar-refractivity contribution < 1.29 is 14.3 Å². The molecule has 1 aliphatic rings. The number of aromatic nitrogens is 2. The maximum Gasteiger partial charge on any atom is 0.262 e. The first kappa shape index (κ1) is 19.8. The Morgan fingerprint density at radius 1 is 1.03 bits per heavy atom. The van der Waals surface area contributed by atoms with Gasteiger partial charge in [0.05, 0.1) is 23.3 Å². The molecular formula is C25H22N4O3. The molecule has 2 amide bonds. The molecule has 32 heavy (non-hydrogen) atoms. The quantitative estimate of drug-likeness (QED) is 0.544. The number of para-hydroxylation sites is 3. The van der Waals surface area contributed by atoms with E-state index in [0.29, 0.717) is 17.0 Å². The Morgan fingerprint density at radius 2 is 1.78 bits per heavy atom. The van der Waals surface area contributed by atoms with Gasteiger partial charge >= 0.3 is 0 Å². The third-order valence-corrected chi connectivity index (χ3v) is 5.64. The van der Waals surface area contributed by atoms with Crippen molar-refractivity contribution in [3.8, 4) is 11.4 Å². The number of ether oxygens (including phenoxy) is 1. The van der Waals surface area contributed by atoms with Crippen LogP contribution in [0.2, 0.25) is 0 Å². The molecule has 0 radical (unpaired) electrons. The van der Waals surface area contributed by atoms with Gasteiger partial charge in [-0.2, -0.15) is 0 Å². The number of hydrogen-bond donors (Lipinski definition) is 1. The second-order valence-corrected chi connectivity index (χ2v) is 7.64. The summed E-state index contributed by atoms with van der Waals surface area (Å²) in [6.45, 7) is 2.08. The minimum absolute atomic E-state index is 0.130. The number of carbonyl (C=O) groups excluding carboxylic acids is 2. The number of anilines is 1. The monoisotopic (exact) mass is 426 g/mol. The van der Waals surface area contributed by atoms with Gasteiger partial charge in [0.1, 0.15) is 11.6 Å². The molecule has 1 atom stereocenters. The summed E-state index contributed by atoms with van der Waals surface area (Å²) in [6.07, 6.45) is -0.776. The molecule has 0 aliphatic carbocycles. The van der Waals surface area contributed by atoms with Crippen molar-refractivity contribution in [1.29, 1.82) is 0 Å². The number of benzene rings is 3. The molecule has 7 heteroatoms. The molecule has 1 aliphatic heterocycles. The number of likely N-dealkylation sites (N-methyl/N-ethyl adjacent to an activating group) is 1. The summed E-state index contributed by atoms with van der Waals surface area (Å²) >= 11 is 0. The zero-order chi connectivity index (χ0) is 22.2. The van der Waals surface area contributed by atoms with Crippen molar-refractivity contribution in [3.63, 3.8) is 0 Å². The highest BCUT2D eigenvalue weighted by Gasteiger charge is 2.34. The first-order valence-electron chi connectivity index (χ1n) is 10.4. The van der Waals surface area contributed by atoms with Crippen LogP contribution in [0.1, 0.15) is 16.2 Å². The normalized spacial score (nSPS) is 15.2. The summed E-state index contributed by atoms with van der Waals surface area (Å²) in [5, 5.41) is 2.60. The van der Waals surface area contributed by atoms with Crippen LogP contribution in [-0.2, 0) is 4.79 Å². The van der Waals surface area contributed by atoms with Gasteiger partial charge in [-0.3, -0.25) is 14.2 Å². The minimum Gasteiger partial charge on any atom is -0.477 e. The number of imidazole rings is 1. The Kier molecular flexibility index (Phi) is 4.86. The number of nitrogens with one attached hydrogen (secondary N) is 1. The summed E-state index contributed by atoms with van der Waals surface area (Å²) in [6, 6.07) is 22.8. The molecule has 0 unspecified atom stereocenters. The van der Waals surface area contributed by atoms with Gasteiger partial charge in [-0.1, -0.05) is 30.3 Å². The molecule has 0 fully saturated rings. The van der Waals surface area contributed by atoms with E-state index in [1.54, 1.807) is 30.1 Å². The average Bonchev–Trinajstić information content (AvgIpc) is 3.17. The van der Waals surface area contributed by atoms with Crippen LogP contribution in [0, 0.1) is 6.92 Å². The van der Waals surface area contributed by atoms with Crippen LogP contribution in [0.5, 0.6) is 5.75 Å². The van der Waals surface area contributed by atoms with E-state index in [2.05, 4.69) is 14.9 Å². The Bertz CT molecular complexity index is 1330. The van der Waals surface area contributed by atoms with Crippen molar-refractivity contribution in [2.24, 2.45) is 0 Å². The van der Waals surface area contributed by atoms with Crippen LogP contribution < -0.4 is 15.0 Å². The Labute approximate surface area is 185 Å². The summed E-state index contributed by atoms with van der Waals surface area (Å²) in [5.74, 6) is 0.867. The van der Waals surface area contributed by atoms with Gasteiger partial charge in [0.2, 0.25) is 0 Å². The number of rotatable bonds is 3. The zero-order valence-corrected chi connectivity index (χ0v) is 17.8. The van der Waals surface area contributed by atoms with Gasteiger partial charge < -0.3 is 15.0 Å².